The molecule has 13 heavy (non-hydrogen) atoms. The molecule has 3 nitrogen and oxygen atoms in total. The number of aliphatic hydroxyl groups is 1. The van der Waals surface area contributed by atoms with Gasteiger partial charge in [-0.3, -0.25) is 0 Å². The number of piperazine rings is 1. The highest BCUT2D eigenvalue weighted by atomic mass is 16.3. The van der Waals surface area contributed by atoms with E-state index in [1.54, 1.807) is 0 Å². The van der Waals surface area contributed by atoms with Gasteiger partial charge in [-0.05, 0) is 32.2 Å². The molecule has 2 N–H and O–H groups in total. The molecule has 2 aliphatic rings. The van der Waals surface area contributed by atoms with E-state index < -0.39 is 0 Å². The average Bonchev–Trinajstić information content (AvgIpc) is 2.86. The van der Waals surface area contributed by atoms with Crippen LogP contribution >= 0.6 is 0 Å². The van der Waals surface area contributed by atoms with E-state index in [4.69, 9.17) is 0 Å². The first-order valence-electron chi connectivity index (χ1n) is 5.44. The number of rotatable bonds is 4. The van der Waals surface area contributed by atoms with Gasteiger partial charge in [-0.2, -0.15) is 0 Å². The smallest absolute Gasteiger partial charge is 0.0650 e. The molecule has 0 aromatic heterocycles. The fourth-order valence-corrected chi connectivity index (χ4v) is 1.96. The maximum Gasteiger partial charge on any atom is 0.0650 e. The van der Waals surface area contributed by atoms with E-state index in [1.165, 1.54) is 19.6 Å². The van der Waals surface area contributed by atoms with E-state index in [-0.39, 0.29) is 5.60 Å². The van der Waals surface area contributed by atoms with Crippen molar-refractivity contribution >= 4 is 0 Å². The third-order valence-corrected chi connectivity index (χ3v) is 3.15. The van der Waals surface area contributed by atoms with Crippen molar-refractivity contribution in [3.8, 4) is 0 Å². The highest BCUT2D eigenvalue weighted by molar-refractivity contribution is 4.93. The van der Waals surface area contributed by atoms with Crippen LogP contribution in [0.5, 0.6) is 0 Å². The van der Waals surface area contributed by atoms with Crippen LogP contribution in [0.1, 0.15) is 25.7 Å². The summed E-state index contributed by atoms with van der Waals surface area (Å²) in [6.07, 6.45) is 4.25. The zero-order chi connectivity index (χ0) is 9.15. The summed E-state index contributed by atoms with van der Waals surface area (Å²) < 4.78 is 0. The number of nitrogens with zero attached hydrogens (tertiary/aromatic N) is 1. The number of nitrogens with one attached hydrogen (secondary N) is 1. The van der Waals surface area contributed by atoms with Crippen molar-refractivity contribution in [1.82, 2.24) is 10.2 Å². The molecule has 0 atom stereocenters. The normalized spacial score (nSPS) is 27.5. The van der Waals surface area contributed by atoms with Crippen LogP contribution in [0.25, 0.3) is 0 Å². The third-order valence-electron chi connectivity index (χ3n) is 3.15. The quantitative estimate of drug-likeness (QED) is 0.655. The van der Waals surface area contributed by atoms with E-state index in [9.17, 15) is 5.11 Å². The van der Waals surface area contributed by atoms with Crippen molar-refractivity contribution in [3.63, 3.8) is 0 Å². The van der Waals surface area contributed by atoms with Crippen LogP contribution in [-0.2, 0) is 0 Å². The van der Waals surface area contributed by atoms with Crippen LogP contribution < -0.4 is 5.32 Å². The summed E-state index contributed by atoms with van der Waals surface area (Å²) in [7, 11) is 0. The Morgan fingerprint density at radius 1 is 1.23 bits per heavy atom. The van der Waals surface area contributed by atoms with Crippen LogP contribution in [0.3, 0.4) is 0 Å². The summed E-state index contributed by atoms with van der Waals surface area (Å²) in [6.45, 7) is 5.79. The first-order chi connectivity index (χ1) is 6.29. The van der Waals surface area contributed by atoms with Gasteiger partial charge in [-0.25, -0.2) is 0 Å². The Morgan fingerprint density at radius 3 is 2.54 bits per heavy atom. The Kier molecular flexibility index (Phi) is 2.86. The van der Waals surface area contributed by atoms with E-state index >= 15 is 0 Å². The van der Waals surface area contributed by atoms with Crippen molar-refractivity contribution in [3.05, 3.63) is 0 Å². The molecule has 2 fully saturated rings. The van der Waals surface area contributed by atoms with Gasteiger partial charge in [0.25, 0.3) is 0 Å². The van der Waals surface area contributed by atoms with Gasteiger partial charge in [0, 0.05) is 26.2 Å². The van der Waals surface area contributed by atoms with Crippen molar-refractivity contribution in [2.24, 2.45) is 0 Å². The van der Waals surface area contributed by atoms with E-state index in [0.29, 0.717) is 0 Å². The molecule has 1 aliphatic carbocycles. The largest absolute Gasteiger partial charge is 0.390 e. The Morgan fingerprint density at radius 2 is 1.92 bits per heavy atom. The zero-order valence-corrected chi connectivity index (χ0v) is 8.26. The lowest BCUT2D eigenvalue weighted by molar-refractivity contribution is 0.128. The summed E-state index contributed by atoms with van der Waals surface area (Å²) in [4.78, 5) is 2.49. The van der Waals surface area contributed by atoms with Crippen LogP contribution in [0.15, 0.2) is 0 Å². The molecule has 1 saturated carbocycles. The monoisotopic (exact) mass is 184 g/mol. The summed E-state index contributed by atoms with van der Waals surface area (Å²) in [5.41, 5.74) is -0.242. The molecule has 0 radical (unpaired) electrons. The van der Waals surface area contributed by atoms with Crippen molar-refractivity contribution in [2.45, 2.75) is 31.3 Å². The SMILES string of the molecule is OC1(CCCN2CCNCC2)CC1. The molecule has 3 heteroatoms. The molecule has 0 bridgehead atoms. The minimum atomic E-state index is -0.242. The summed E-state index contributed by atoms with van der Waals surface area (Å²) in [5.74, 6) is 0. The average molecular weight is 184 g/mol. The molecular formula is C10H20N2O. The van der Waals surface area contributed by atoms with Crippen LogP contribution in [0.2, 0.25) is 0 Å². The molecule has 0 unspecified atom stereocenters. The predicted molar refractivity (Wildman–Crippen MR) is 52.7 cm³/mol. The molecule has 1 heterocycles. The third kappa shape index (κ3) is 2.93. The van der Waals surface area contributed by atoms with Crippen molar-refractivity contribution < 1.29 is 5.11 Å². The second-order valence-corrected chi connectivity index (χ2v) is 4.42. The van der Waals surface area contributed by atoms with Gasteiger partial charge >= 0.3 is 0 Å². The topological polar surface area (TPSA) is 35.5 Å². The first-order valence-corrected chi connectivity index (χ1v) is 5.44. The minimum absolute atomic E-state index is 0.242. The highest BCUT2D eigenvalue weighted by Gasteiger charge is 2.39. The molecule has 0 aromatic rings. The summed E-state index contributed by atoms with van der Waals surface area (Å²) in [5, 5.41) is 13.0. The van der Waals surface area contributed by atoms with Gasteiger partial charge in [-0.15, -0.1) is 0 Å². The van der Waals surface area contributed by atoms with Gasteiger partial charge in [-0.1, -0.05) is 0 Å². The maximum absolute atomic E-state index is 9.63. The van der Waals surface area contributed by atoms with Gasteiger partial charge in [0.15, 0.2) is 0 Å². The Bertz CT molecular complexity index is 162. The maximum atomic E-state index is 9.63. The van der Waals surface area contributed by atoms with Gasteiger partial charge in [0.1, 0.15) is 0 Å². The lowest BCUT2D eigenvalue weighted by atomic mass is 10.1. The van der Waals surface area contributed by atoms with Crippen LogP contribution in [0, 0.1) is 0 Å². The molecule has 1 saturated heterocycles. The van der Waals surface area contributed by atoms with Crippen LogP contribution in [-0.4, -0.2) is 48.3 Å². The van der Waals surface area contributed by atoms with Crippen molar-refractivity contribution in [1.29, 1.82) is 0 Å². The Labute approximate surface area is 80.1 Å². The predicted octanol–water partition coefficient (Wildman–Crippen LogP) is 0.197. The van der Waals surface area contributed by atoms with Crippen LogP contribution in [0.4, 0.5) is 0 Å². The molecule has 2 rings (SSSR count). The second kappa shape index (κ2) is 3.95. The van der Waals surface area contributed by atoms with Gasteiger partial charge in [0.2, 0.25) is 0 Å². The number of hydrogen-bond acceptors (Lipinski definition) is 3. The minimum Gasteiger partial charge on any atom is -0.390 e. The molecular weight excluding hydrogens is 164 g/mol. The van der Waals surface area contributed by atoms with E-state index in [0.717, 1.165) is 38.8 Å². The molecule has 0 spiro atoms. The van der Waals surface area contributed by atoms with Crippen molar-refractivity contribution in [2.75, 3.05) is 32.7 Å². The van der Waals surface area contributed by atoms with E-state index in [1.807, 2.05) is 0 Å². The molecule has 0 aromatic carbocycles. The molecule has 76 valence electrons. The summed E-state index contributed by atoms with van der Waals surface area (Å²) >= 11 is 0. The first kappa shape index (κ1) is 9.44. The summed E-state index contributed by atoms with van der Waals surface area (Å²) in [6, 6.07) is 0. The molecule has 0 amide bonds. The van der Waals surface area contributed by atoms with Gasteiger partial charge < -0.3 is 15.3 Å². The zero-order valence-electron chi connectivity index (χ0n) is 8.26. The standard InChI is InChI=1S/C10H20N2O/c13-10(3-4-10)2-1-7-12-8-5-11-6-9-12/h11,13H,1-9H2. The fraction of sp³-hybridized carbons (Fsp3) is 1.00. The Hall–Kier alpha value is -0.120. The van der Waals surface area contributed by atoms with E-state index in [2.05, 4.69) is 10.2 Å². The lowest BCUT2D eigenvalue weighted by Crippen LogP contribution is -2.43. The number of hydrogen-bond donors (Lipinski definition) is 2. The lowest BCUT2D eigenvalue weighted by Gasteiger charge is -2.27. The second-order valence-electron chi connectivity index (χ2n) is 4.42. The molecule has 1 aliphatic heterocycles. The Balaban J connectivity index is 1.56. The fourth-order valence-electron chi connectivity index (χ4n) is 1.96. The highest BCUT2D eigenvalue weighted by Crippen LogP contribution is 2.39. The van der Waals surface area contributed by atoms with Gasteiger partial charge in [0.05, 0.1) is 5.60 Å².